The van der Waals surface area contributed by atoms with E-state index in [-0.39, 0.29) is 24.6 Å². The molecular weight excluding hydrogens is 386 g/mol. The minimum Gasteiger partial charge on any atom is -0.480 e. The number of thiol groups is 1. The van der Waals surface area contributed by atoms with Crippen molar-refractivity contribution in [1.82, 2.24) is 16.0 Å². The Morgan fingerprint density at radius 3 is 1.96 bits per heavy atom. The highest BCUT2D eigenvalue weighted by molar-refractivity contribution is 7.80. The summed E-state index contributed by atoms with van der Waals surface area (Å²) in [6.07, 6.45) is 1.86. The number of unbranched alkanes of at least 4 members (excludes halogenated alkanes) is 1. The molecule has 0 bridgehead atoms. The maximum absolute atomic E-state index is 12.7. The number of hydrogen-bond donors (Lipinski definition) is 7. The number of amides is 3. The van der Waals surface area contributed by atoms with Gasteiger partial charge in [-0.25, -0.2) is 4.79 Å². The van der Waals surface area contributed by atoms with E-state index in [1.807, 2.05) is 13.8 Å². The molecule has 0 aromatic carbocycles. The molecule has 0 saturated carbocycles. The van der Waals surface area contributed by atoms with E-state index in [9.17, 15) is 19.2 Å². The van der Waals surface area contributed by atoms with Crippen molar-refractivity contribution in [3.63, 3.8) is 0 Å². The highest BCUT2D eigenvalue weighted by Gasteiger charge is 2.29. The third-order valence-electron chi connectivity index (χ3n) is 3.92. The van der Waals surface area contributed by atoms with Gasteiger partial charge in [0.05, 0.1) is 6.54 Å². The second-order valence-electron chi connectivity index (χ2n) is 6.88. The molecule has 0 aromatic heterocycles. The van der Waals surface area contributed by atoms with Crippen molar-refractivity contribution in [3.8, 4) is 0 Å². The monoisotopic (exact) mass is 419 g/mol. The second-order valence-corrected chi connectivity index (χ2v) is 7.25. The summed E-state index contributed by atoms with van der Waals surface area (Å²) >= 11 is 3.91. The molecule has 10 nitrogen and oxygen atoms in total. The van der Waals surface area contributed by atoms with Crippen LogP contribution >= 0.6 is 12.6 Å². The quantitative estimate of drug-likeness (QED) is 0.134. The normalized spacial score (nSPS) is 14.1. The Balaban J connectivity index is 5.24. The molecule has 0 fully saturated rings. The van der Waals surface area contributed by atoms with E-state index in [4.69, 9.17) is 16.6 Å². The third-order valence-corrected chi connectivity index (χ3v) is 4.29. The number of carboxylic acid groups (broad SMARTS) is 1. The lowest BCUT2D eigenvalue weighted by Gasteiger charge is -2.25. The molecule has 28 heavy (non-hydrogen) atoms. The summed E-state index contributed by atoms with van der Waals surface area (Å²) in [6.45, 7) is 3.96. The van der Waals surface area contributed by atoms with Crippen molar-refractivity contribution >= 4 is 36.3 Å². The van der Waals surface area contributed by atoms with E-state index < -0.39 is 41.8 Å². The van der Waals surface area contributed by atoms with E-state index >= 15 is 0 Å². The molecule has 0 aromatic rings. The summed E-state index contributed by atoms with van der Waals surface area (Å²) in [6, 6.07) is -2.97. The van der Waals surface area contributed by atoms with Crippen LogP contribution < -0.4 is 27.4 Å². The molecule has 3 unspecified atom stereocenters. The number of carbonyl (C=O) groups excluding carboxylic acids is 3. The van der Waals surface area contributed by atoms with Gasteiger partial charge in [0.25, 0.3) is 0 Å². The predicted octanol–water partition coefficient (Wildman–Crippen LogP) is -1.41. The van der Waals surface area contributed by atoms with Gasteiger partial charge in [0.15, 0.2) is 0 Å². The Morgan fingerprint density at radius 2 is 1.50 bits per heavy atom. The topological polar surface area (TPSA) is 177 Å². The van der Waals surface area contributed by atoms with Crippen LogP contribution in [0.4, 0.5) is 0 Å². The van der Waals surface area contributed by atoms with Crippen molar-refractivity contribution in [3.05, 3.63) is 0 Å². The van der Waals surface area contributed by atoms with Crippen LogP contribution in [-0.2, 0) is 19.2 Å². The van der Waals surface area contributed by atoms with Crippen LogP contribution in [0.25, 0.3) is 0 Å². The molecule has 3 amide bonds. The molecule has 0 spiro atoms. The lowest BCUT2D eigenvalue weighted by Crippen LogP contribution is -2.56. The third kappa shape index (κ3) is 10.5. The van der Waals surface area contributed by atoms with Crippen LogP contribution in [0.2, 0.25) is 0 Å². The van der Waals surface area contributed by atoms with Crippen LogP contribution in [0.1, 0.15) is 39.5 Å². The van der Waals surface area contributed by atoms with E-state index in [2.05, 4.69) is 28.6 Å². The maximum atomic E-state index is 12.7. The van der Waals surface area contributed by atoms with Gasteiger partial charge in [-0.05, 0) is 38.1 Å². The smallest absolute Gasteiger partial charge is 0.327 e. The van der Waals surface area contributed by atoms with Gasteiger partial charge in [-0.2, -0.15) is 12.6 Å². The van der Waals surface area contributed by atoms with Gasteiger partial charge in [-0.1, -0.05) is 13.8 Å². The first-order valence-electron chi connectivity index (χ1n) is 9.30. The van der Waals surface area contributed by atoms with E-state index in [1.54, 1.807) is 0 Å². The Hall–Kier alpha value is -1.85. The zero-order chi connectivity index (χ0) is 21.7. The highest BCUT2D eigenvalue weighted by Crippen LogP contribution is 2.08. The number of hydrogen-bond acceptors (Lipinski definition) is 7. The van der Waals surface area contributed by atoms with Crippen LogP contribution in [0.5, 0.6) is 0 Å². The first kappa shape index (κ1) is 26.1. The molecular formula is C17H33N5O5S. The number of rotatable bonds is 14. The summed E-state index contributed by atoms with van der Waals surface area (Å²) in [4.78, 5) is 47.9. The fourth-order valence-electron chi connectivity index (χ4n) is 2.45. The molecule has 3 atom stereocenters. The van der Waals surface area contributed by atoms with E-state index in [1.165, 1.54) is 0 Å². The SMILES string of the molecule is CC(C)CC(NC(=O)CN)C(=O)NC(CCCCN)C(=O)NC(CS)C(=O)O. The Bertz CT molecular complexity index is 532. The maximum Gasteiger partial charge on any atom is 0.327 e. The van der Waals surface area contributed by atoms with Crippen LogP contribution in [0.3, 0.4) is 0 Å². The van der Waals surface area contributed by atoms with Gasteiger partial charge in [0.2, 0.25) is 17.7 Å². The predicted molar refractivity (Wildman–Crippen MR) is 109 cm³/mol. The second kappa shape index (κ2) is 14.2. The van der Waals surface area contributed by atoms with Crippen molar-refractivity contribution < 1.29 is 24.3 Å². The van der Waals surface area contributed by atoms with Gasteiger partial charge >= 0.3 is 5.97 Å². The lowest BCUT2D eigenvalue weighted by atomic mass is 10.0. The van der Waals surface area contributed by atoms with Crippen LogP contribution in [0.15, 0.2) is 0 Å². The number of carbonyl (C=O) groups is 4. The molecule has 0 aliphatic heterocycles. The number of nitrogens with one attached hydrogen (secondary N) is 3. The molecule has 0 saturated heterocycles. The van der Waals surface area contributed by atoms with Gasteiger partial charge < -0.3 is 32.5 Å². The molecule has 0 heterocycles. The molecule has 162 valence electrons. The van der Waals surface area contributed by atoms with Gasteiger partial charge in [-0.15, -0.1) is 0 Å². The largest absolute Gasteiger partial charge is 0.480 e. The Labute approximate surface area is 171 Å². The van der Waals surface area contributed by atoms with Gasteiger partial charge in [-0.3, -0.25) is 14.4 Å². The lowest BCUT2D eigenvalue weighted by molar-refractivity contribution is -0.141. The van der Waals surface area contributed by atoms with Gasteiger partial charge in [0.1, 0.15) is 18.1 Å². The standard InChI is InChI=1S/C17H33N5O5S/c1-10(2)7-12(20-14(23)8-19)16(25)21-11(5-3-4-6-18)15(24)22-13(9-28)17(26)27/h10-13,28H,3-9,18-19H2,1-2H3,(H,20,23)(H,21,25)(H,22,24)(H,26,27). The van der Waals surface area contributed by atoms with Gasteiger partial charge in [0, 0.05) is 5.75 Å². The Morgan fingerprint density at radius 1 is 0.929 bits per heavy atom. The summed E-state index contributed by atoms with van der Waals surface area (Å²) in [7, 11) is 0. The molecule has 0 aliphatic carbocycles. The first-order valence-corrected chi connectivity index (χ1v) is 9.93. The van der Waals surface area contributed by atoms with Crippen LogP contribution in [0, 0.1) is 5.92 Å². The van der Waals surface area contributed by atoms with Crippen molar-refractivity contribution in [2.45, 2.75) is 57.7 Å². The van der Waals surface area contributed by atoms with Crippen molar-refractivity contribution in [2.24, 2.45) is 17.4 Å². The number of nitrogens with two attached hydrogens (primary N) is 2. The molecule has 8 N–H and O–H groups in total. The summed E-state index contributed by atoms with van der Waals surface area (Å²) in [5.74, 6) is -2.83. The molecule has 0 rings (SSSR count). The molecule has 11 heteroatoms. The van der Waals surface area contributed by atoms with E-state index in [0.29, 0.717) is 25.8 Å². The molecule has 0 radical (unpaired) electrons. The average molecular weight is 420 g/mol. The fraction of sp³-hybridized carbons (Fsp3) is 0.765. The van der Waals surface area contributed by atoms with Crippen molar-refractivity contribution in [2.75, 3.05) is 18.8 Å². The van der Waals surface area contributed by atoms with Crippen molar-refractivity contribution in [1.29, 1.82) is 0 Å². The van der Waals surface area contributed by atoms with E-state index in [0.717, 1.165) is 0 Å². The summed E-state index contributed by atoms with van der Waals surface area (Å²) < 4.78 is 0. The first-order chi connectivity index (χ1) is 13.2. The zero-order valence-corrected chi connectivity index (χ0v) is 17.3. The molecule has 0 aliphatic rings. The number of carboxylic acids is 1. The Kier molecular flexibility index (Phi) is 13.3. The average Bonchev–Trinajstić information content (AvgIpc) is 2.63. The minimum absolute atomic E-state index is 0.0902. The minimum atomic E-state index is -1.22. The summed E-state index contributed by atoms with van der Waals surface area (Å²) in [5.41, 5.74) is 10.8. The zero-order valence-electron chi connectivity index (χ0n) is 16.4. The summed E-state index contributed by atoms with van der Waals surface area (Å²) in [5, 5.41) is 16.6. The number of aliphatic carboxylic acids is 1. The van der Waals surface area contributed by atoms with Crippen LogP contribution in [-0.4, -0.2) is 65.8 Å². The highest BCUT2D eigenvalue weighted by atomic mass is 32.1. The fourth-order valence-corrected chi connectivity index (χ4v) is 2.70.